The van der Waals surface area contributed by atoms with E-state index in [9.17, 15) is 18.0 Å². The van der Waals surface area contributed by atoms with Crippen LogP contribution in [0.5, 0.6) is 0 Å². The molecule has 0 aliphatic carbocycles. The molecular formula is C27H48BrN3O8SSi2. The third-order valence-electron chi connectivity index (χ3n) is 9.23. The molecule has 3 rings (SSSR count). The summed E-state index contributed by atoms with van der Waals surface area (Å²) in [6.45, 7) is 22.4. The highest BCUT2D eigenvalue weighted by Gasteiger charge is 2.67. The van der Waals surface area contributed by atoms with E-state index in [0.717, 1.165) is 5.41 Å². The van der Waals surface area contributed by atoms with E-state index in [1.807, 2.05) is 13.1 Å². The third kappa shape index (κ3) is 6.48. The number of nitrogens with zero attached hydrogens (tertiary/aromatic N) is 2. The molecule has 240 valence electrons. The predicted octanol–water partition coefficient (Wildman–Crippen LogP) is 4.31. The first kappa shape index (κ1) is 35.4. The minimum Gasteiger partial charge on any atom is -0.414 e. The fourth-order valence-corrected chi connectivity index (χ4v) is 8.33. The zero-order valence-corrected chi connectivity index (χ0v) is 31.1. The van der Waals surface area contributed by atoms with Crippen molar-refractivity contribution in [1.82, 2.24) is 9.13 Å². The van der Waals surface area contributed by atoms with Crippen LogP contribution in [0.4, 0.5) is 0 Å². The molecule has 1 saturated heterocycles. The molecule has 2 N–H and O–H groups in total. The second-order valence-corrected chi connectivity index (χ2v) is 26.1. The molecule has 2 aliphatic rings. The van der Waals surface area contributed by atoms with Crippen LogP contribution < -0.4 is 17.0 Å². The Bertz CT molecular complexity index is 1440. The van der Waals surface area contributed by atoms with Crippen molar-refractivity contribution >= 4 is 42.7 Å². The van der Waals surface area contributed by atoms with Crippen LogP contribution in [0.3, 0.4) is 0 Å². The summed E-state index contributed by atoms with van der Waals surface area (Å²) in [4.78, 5) is 26.9. The zero-order valence-electron chi connectivity index (χ0n) is 26.7. The summed E-state index contributed by atoms with van der Waals surface area (Å²) in [6.07, 6.45) is -1.34. The van der Waals surface area contributed by atoms with Gasteiger partial charge in [-0.1, -0.05) is 57.5 Å². The molecule has 0 unspecified atom stereocenters. The molecule has 2 aliphatic heterocycles. The quantitative estimate of drug-likeness (QED) is 0.226. The molecule has 0 amide bonds. The van der Waals surface area contributed by atoms with E-state index < -0.39 is 62.0 Å². The lowest BCUT2D eigenvalue weighted by Crippen LogP contribution is -2.59. The Morgan fingerprint density at radius 2 is 1.64 bits per heavy atom. The Morgan fingerprint density at radius 3 is 2.12 bits per heavy atom. The summed E-state index contributed by atoms with van der Waals surface area (Å²) in [5.41, 5.74) is 4.01. The highest BCUT2D eigenvalue weighted by molar-refractivity contribution is 9.09. The Balaban J connectivity index is 2.29. The maximum Gasteiger partial charge on any atom is 0.333 e. The Morgan fingerprint density at radius 1 is 1.07 bits per heavy atom. The molecule has 0 radical (unpaired) electrons. The smallest absolute Gasteiger partial charge is 0.333 e. The molecule has 11 nitrogen and oxygen atoms in total. The Kier molecular flexibility index (Phi) is 9.86. The molecule has 0 saturated carbocycles. The van der Waals surface area contributed by atoms with Gasteiger partial charge < -0.3 is 19.3 Å². The van der Waals surface area contributed by atoms with Crippen LogP contribution in [0.2, 0.25) is 36.3 Å². The van der Waals surface area contributed by atoms with Crippen molar-refractivity contribution in [3.05, 3.63) is 43.7 Å². The van der Waals surface area contributed by atoms with Crippen molar-refractivity contribution in [1.29, 1.82) is 0 Å². The van der Waals surface area contributed by atoms with Crippen LogP contribution in [0, 0.1) is 6.92 Å². The average molecular weight is 711 g/mol. The highest BCUT2D eigenvalue weighted by atomic mass is 79.9. The zero-order chi connectivity index (χ0) is 32.3. The van der Waals surface area contributed by atoms with E-state index in [1.54, 1.807) is 6.92 Å². The number of aromatic nitrogens is 2. The number of rotatable bonds is 9. The first-order valence-corrected chi connectivity index (χ1v) is 22.6. The van der Waals surface area contributed by atoms with Crippen LogP contribution in [0.25, 0.3) is 0 Å². The van der Waals surface area contributed by atoms with Crippen LogP contribution >= 0.6 is 15.9 Å². The van der Waals surface area contributed by atoms with Gasteiger partial charge in [0.05, 0.1) is 17.7 Å². The standard InChI is InChI=1S/C27H48BrN3O8SSi2/c1-18-15-31(24(33)30(22(18)32)14-12-13-28)23-21(38-42(10,11)26(5,6)7)27(19(29)17-40(34,35)39-27)20(37-23)16-36-41(8,9)25(2,3)4/h15,17,20-21,23H,12-14,16,29H2,1-11H3/t20-,21+,23-,27-/m1/s1. The summed E-state index contributed by atoms with van der Waals surface area (Å²) in [5, 5.41) is 1.07. The molecule has 42 heavy (non-hydrogen) atoms. The van der Waals surface area contributed by atoms with Gasteiger partial charge in [0.25, 0.3) is 15.7 Å². The number of hydrogen-bond acceptors (Lipinski definition) is 9. The Labute approximate surface area is 260 Å². The number of hydrogen-bond donors (Lipinski definition) is 1. The predicted molar refractivity (Wildman–Crippen MR) is 172 cm³/mol. The van der Waals surface area contributed by atoms with Crippen molar-refractivity contribution in [2.75, 3.05) is 11.9 Å². The molecular weight excluding hydrogens is 662 g/mol. The largest absolute Gasteiger partial charge is 0.414 e. The van der Waals surface area contributed by atoms with Crippen molar-refractivity contribution in [2.24, 2.45) is 5.73 Å². The monoisotopic (exact) mass is 709 g/mol. The number of halogens is 1. The van der Waals surface area contributed by atoms with Gasteiger partial charge in [-0.3, -0.25) is 13.9 Å². The lowest BCUT2D eigenvalue weighted by atomic mass is 9.89. The third-order valence-corrected chi connectivity index (χ3v) is 19.8. The normalized spacial score (nSPS) is 26.7. The Hall–Kier alpha value is -1.08. The van der Waals surface area contributed by atoms with Gasteiger partial charge in [0.15, 0.2) is 28.5 Å². The summed E-state index contributed by atoms with van der Waals surface area (Å²) in [7, 11) is -9.22. The van der Waals surface area contributed by atoms with E-state index in [2.05, 4.69) is 70.6 Å². The number of nitrogens with two attached hydrogens (primary N) is 1. The fraction of sp³-hybridized carbons (Fsp3) is 0.778. The van der Waals surface area contributed by atoms with Crippen molar-refractivity contribution < 1.29 is 26.2 Å². The van der Waals surface area contributed by atoms with Crippen LogP contribution in [0.1, 0.15) is 59.8 Å². The lowest BCUT2D eigenvalue weighted by molar-refractivity contribution is -0.0567. The first-order chi connectivity index (χ1) is 18.9. The maximum atomic E-state index is 13.9. The minimum atomic E-state index is -4.20. The van der Waals surface area contributed by atoms with E-state index in [4.69, 9.17) is 23.5 Å². The fourth-order valence-electron chi connectivity index (χ4n) is 4.57. The second kappa shape index (κ2) is 11.7. The highest BCUT2D eigenvalue weighted by Crippen LogP contribution is 2.52. The van der Waals surface area contributed by atoms with Gasteiger partial charge in [-0.25, -0.2) is 8.98 Å². The van der Waals surface area contributed by atoms with Crippen LogP contribution in [-0.4, -0.2) is 63.9 Å². The summed E-state index contributed by atoms with van der Waals surface area (Å²) in [6, 6.07) is 0. The van der Waals surface area contributed by atoms with Gasteiger partial charge in [0, 0.05) is 23.6 Å². The van der Waals surface area contributed by atoms with Crippen molar-refractivity contribution in [2.45, 2.75) is 122 Å². The minimum absolute atomic E-state index is 0.0363. The molecule has 3 heterocycles. The maximum absolute atomic E-state index is 13.9. The molecule has 0 aromatic carbocycles. The summed E-state index contributed by atoms with van der Waals surface area (Å²) < 4.78 is 54.3. The molecule has 1 aromatic rings. The average Bonchev–Trinajstić information content (AvgIpc) is 3.25. The van der Waals surface area contributed by atoms with Gasteiger partial charge in [-0.2, -0.15) is 8.42 Å². The SMILES string of the molecule is Cc1cn([C@@H]2O[C@H](CO[Si](C)(C)C(C)(C)C)[C@@]3(OS(=O)(=O)C=C3N)[C@H]2O[Si](C)(C)C(C)(C)C)c(=O)n(CCCBr)c1=O. The van der Waals surface area contributed by atoms with Gasteiger partial charge in [-0.15, -0.1) is 0 Å². The number of aryl methyl sites for hydroxylation is 1. The molecule has 1 fully saturated rings. The van der Waals surface area contributed by atoms with E-state index >= 15 is 0 Å². The van der Waals surface area contributed by atoms with E-state index in [1.165, 1.54) is 15.3 Å². The molecule has 15 heteroatoms. The summed E-state index contributed by atoms with van der Waals surface area (Å²) in [5.74, 6) is 0. The molecule has 0 bridgehead atoms. The van der Waals surface area contributed by atoms with E-state index in [0.29, 0.717) is 17.3 Å². The van der Waals surface area contributed by atoms with E-state index in [-0.39, 0.29) is 28.9 Å². The summed E-state index contributed by atoms with van der Waals surface area (Å²) >= 11 is 3.36. The molecule has 4 atom stereocenters. The molecule has 1 spiro atoms. The first-order valence-electron chi connectivity index (χ1n) is 14.2. The number of ether oxygens (including phenoxy) is 1. The topological polar surface area (TPSA) is 141 Å². The molecule has 1 aromatic heterocycles. The second-order valence-electron chi connectivity index (χ2n) is 14.3. The van der Waals surface area contributed by atoms with Crippen LogP contribution in [0.15, 0.2) is 26.9 Å². The van der Waals surface area contributed by atoms with Gasteiger partial charge in [0.1, 0.15) is 12.2 Å². The lowest BCUT2D eigenvalue weighted by Gasteiger charge is -2.43. The van der Waals surface area contributed by atoms with Gasteiger partial charge in [0.2, 0.25) is 0 Å². The van der Waals surface area contributed by atoms with Gasteiger partial charge in [-0.05, 0) is 49.6 Å². The van der Waals surface area contributed by atoms with Crippen molar-refractivity contribution in [3.8, 4) is 0 Å². The van der Waals surface area contributed by atoms with Crippen LogP contribution in [-0.2, 0) is 34.4 Å². The van der Waals surface area contributed by atoms with Crippen molar-refractivity contribution in [3.63, 3.8) is 0 Å². The number of alkyl halides is 1. The van der Waals surface area contributed by atoms with Gasteiger partial charge >= 0.3 is 5.69 Å².